The maximum absolute atomic E-state index is 9.45. The molecule has 0 unspecified atom stereocenters. The van der Waals surface area contributed by atoms with Crippen LogP contribution in [0, 0.1) is 18.8 Å². The zero-order valence-electron chi connectivity index (χ0n) is 71.3. The molecule has 452 valence electrons. The van der Waals surface area contributed by atoms with Crippen LogP contribution in [-0.4, -0.2) is 9.55 Å². The van der Waals surface area contributed by atoms with Gasteiger partial charge in [0.15, 0.2) is 0 Å². The van der Waals surface area contributed by atoms with Gasteiger partial charge in [0, 0.05) is 89.7 Å². The van der Waals surface area contributed by atoms with Crippen LogP contribution >= 0.6 is 0 Å². The molecule has 0 bridgehead atoms. The molecular weight excluding hydrogens is 1290 g/mol. The molecule has 13 aromatic rings. The molecule has 2 aromatic heterocycles. The van der Waals surface area contributed by atoms with E-state index in [1.165, 1.54) is 6.07 Å². The number of ether oxygens (including phenoxy) is 2. The first-order valence-electron chi connectivity index (χ1n) is 39.4. The molecule has 0 fully saturated rings. The van der Waals surface area contributed by atoms with Crippen molar-refractivity contribution in [2.75, 3.05) is 9.80 Å². The maximum atomic E-state index is 9.45. The number of hydrogen-bond acceptors (Lipinski definition) is 5. The van der Waals surface area contributed by atoms with E-state index >= 15 is 0 Å². The first-order chi connectivity index (χ1) is 51.8. The SMILES string of the molecule is [2H]c1c([2H])c([2H])c(-c2ccc3c(c2)c2ccc(Oc4[c-]c(N5[CH-]N(c6c(-c7c([2H])c([2H])c([2H])c([2H])c7[2H])cccc6-c6c([2H])c([2H])c([2H])c([2H])c6[2H])c6ccccc65)ccc4)[c-]c2n3-c2cc(Oc3c(-c4cc(C(C)(C)C)cc(C(C)(C)C)c4)cc(C(C)(C)C)cc3-c3c([2H])c([2H])c([2H])c([2H])c3[2H])ccn2)c([2H])c1[2H].[Pt]. The number of anilines is 4. The molecule has 6 nitrogen and oxygen atoms in total. The van der Waals surface area contributed by atoms with Crippen molar-refractivity contribution in [2.45, 2.75) is 78.6 Å². The number of pyridine rings is 1. The minimum Gasteiger partial charge on any atom is -0.509 e. The van der Waals surface area contributed by atoms with E-state index in [9.17, 15) is 8.22 Å². The number of benzene rings is 11. The molecule has 1 aliphatic rings. The van der Waals surface area contributed by atoms with Gasteiger partial charge in [-0.1, -0.05) is 249 Å². The minimum absolute atomic E-state index is 0. The van der Waals surface area contributed by atoms with Crippen molar-refractivity contribution in [2.24, 2.45) is 0 Å². The van der Waals surface area contributed by atoms with Crippen LogP contribution in [0.3, 0.4) is 0 Å². The van der Waals surface area contributed by atoms with E-state index in [1.54, 1.807) is 114 Å². The summed E-state index contributed by atoms with van der Waals surface area (Å²) >= 11 is 0. The summed E-state index contributed by atoms with van der Waals surface area (Å²) < 4.78 is 193. The second-order valence-electron chi connectivity index (χ2n) is 25.1. The number of fused-ring (bicyclic) bond motifs is 4. The van der Waals surface area contributed by atoms with Gasteiger partial charge in [-0.15, -0.1) is 48.1 Å². The van der Waals surface area contributed by atoms with Crippen molar-refractivity contribution in [1.82, 2.24) is 9.55 Å². The van der Waals surface area contributed by atoms with Gasteiger partial charge in [0.05, 0.1) is 27.4 Å². The van der Waals surface area contributed by atoms with E-state index in [-0.39, 0.29) is 105 Å². The van der Waals surface area contributed by atoms with Gasteiger partial charge in [-0.25, -0.2) is 4.98 Å². The Labute approximate surface area is 578 Å². The zero-order valence-corrected chi connectivity index (χ0v) is 53.6. The number of aromatic nitrogens is 2. The predicted molar refractivity (Wildman–Crippen MR) is 374 cm³/mol. The van der Waals surface area contributed by atoms with Crippen molar-refractivity contribution < 1.29 is 58.0 Å². The van der Waals surface area contributed by atoms with E-state index < -0.39 is 126 Å². The molecular formula is C84H71N4O2Pt-3. The Morgan fingerprint density at radius 1 is 0.429 bits per heavy atom. The van der Waals surface area contributed by atoms with E-state index in [0.29, 0.717) is 50.0 Å². The van der Waals surface area contributed by atoms with Gasteiger partial charge in [-0.3, -0.25) is 0 Å². The molecule has 1 aliphatic heterocycles. The monoisotopic (exact) mass is 1380 g/mol. The van der Waals surface area contributed by atoms with Gasteiger partial charge in [-0.2, -0.15) is 12.1 Å². The summed E-state index contributed by atoms with van der Waals surface area (Å²) in [4.78, 5) is 8.42. The summed E-state index contributed by atoms with van der Waals surface area (Å²) in [5.41, 5.74) is 5.77. The average molecular weight is 1380 g/mol. The van der Waals surface area contributed by atoms with Gasteiger partial charge >= 0.3 is 0 Å². The van der Waals surface area contributed by atoms with E-state index in [1.807, 2.05) is 43.5 Å². The number of para-hydroxylation sites is 3. The Morgan fingerprint density at radius 2 is 0.956 bits per heavy atom. The third kappa shape index (κ3) is 11.9. The smallest absolute Gasteiger partial charge is 0.143 e. The topological polar surface area (TPSA) is 42.8 Å². The third-order valence-corrected chi connectivity index (χ3v) is 16.0. The fourth-order valence-corrected chi connectivity index (χ4v) is 11.3. The Morgan fingerprint density at radius 3 is 1.55 bits per heavy atom. The van der Waals surface area contributed by atoms with Gasteiger partial charge in [-0.05, 0) is 108 Å². The van der Waals surface area contributed by atoms with Crippen LogP contribution in [0.2, 0.25) is 0 Å². The number of hydrogen-bond donors (Lipinski definition) is 0. The minimum atomic E-state index is -0.623. The molecule has 3 heterocycles. The standard InChI is InChI=1S/C84H71N4O2.Pt/c1-82(2,3)62-46-61(47-63(49-62)83(4,5)6)73-51-64(84(7,8)9)50-72(59-32-20-13-21-33-59)81(73)90-68-44-45-85-79(54-68)88-75-43-40-60(56-26-14-10-15-27-56)48-74(75)71-42-41-67(53-78(71)88)89-66-35-24-34-65(52-66)86-55-87(77-39-23-22-38-76(77)86)80-69(57-28-16-11-17-29-57)36-25-37-70(80)58-30-18-12-19-31-58;/h10-51,54-55H,1-9H3;/q-3;/i10D,11D,12D,13D,14D,15D,16D,17D,18D,19D,20D,21D,26D,27D,28D,29D,30D,31D,32D,33D;. The van der Waals surface area contributed by atoms with Crippen LogP contribution in [0.4, 0.5) is 22.7 Å². The zero-order chi connectivity index (χ0) is 79.3. The van der Waals surface area contributed by atoms with Crippen LogP contribution < -0.4 is 19.3 Å². The molecule has 0 N–H and O–H groups in total. The Bertz CT molecular complexity index is 5850. The summed E-state index contributed by atoms with van der Waals surface area (Å²) in [6, 6.07) is 35.5. The van der Waals surface area contributed by atoms with Crippen molar-refractivity contribution in [3.63, 3.8) is 0 Å². The maximum Gasteiger partial charge on any atom is 0.143 e. The molecule has 0 atom stereocenters. The van der Waals surface area contributed by atoms with Crippen LogP contribution in [0.25, 0.3) is 83.3 Å². The predicted octanol–water partition coefficient (Wildman–Crippen LogP) is 23.0. The second kappa shape index (κ2) is 24.2. The molecule has 0 radical (unpaired) electrons. The number of nitrogens with zero attached hydrogens (tertiary/aromatic N) is 4. The molecule has 11 aromatic carbocycles. The molecule has 14 rings (SSSR count). The molecule has 0 saturated heterocycles. The molecule has 0 amide bonds. The molecule has 0 aliphatic carbocycles. The molecule has 91 heavy (non-hydrogen) atoms. The second-order valence-corrected chi connectivity index (χ2v) is 25.1. The summed E-state index contributed by atoms with van der Waals surface area (Å²) in [6.07, 6.45) is 1.55. The van der Waals surface area contributed by atoms with Crippen molar-refractivity contribution in [3.05, 3.63) is 296 Å². The fourth-order valence-electron chi connectivity index (χ4n) is 11.3. The first-order valence-corrected chi connectivity index (χ1v) is 29.4. The largest absolute Gasteiger partial charge is 0.509 e. The summed E-state index contributed by atoms with van der Waals surface area (Å²) in [5, 5.41) is 1.13. The third-order valence-electron chi connectivity index (χ3n) is 16.0. The quantitative estimate of drug-likeness (QED) is 0.114. The normalized spacial score (nSPS) is 15.6. The Hall–Kier alpha value is -9.74. The van der Waals surface area contributed by atoms with Gasteiger partial charge in [0.25, 0.3) is 0 Å². The number of rotatable bonds is 12. The Balaban J connectivity index is 0.0000108. The van der Waals surface area contributed by atoms with Gasteiger partial charge in [0.2, 0.25) is 0 Å². The summed E-state index contributed by atoms with van der Waals surface area (Å²) in [5.74, 6) is 1.06. The van der Waals surface area contributed by atoms with Crippen LogP contribution in [0.5, 0.6) is 23.0 Å². The molecule has 0 saturated carbocycles. The van der Waals surface area contributed by atoms with E-state index in [2.05, 4.69) is 71.9 Å². The van der Waals surface area contributed by atoms with Crippen LogP contribution in [-0.2, 0) is 37.3 Å². The fraction of sp³-hybridized carbons (Fsp3) is 0.143. The average Bonchev–Trinajstić information content (AvgIpc) is 1.72. The van der Waals surface area contributed by atoms with Crippen LogP contribution in [0.15, 0.2) is 261 Å². The Kier molecular flexibility index (Phi) is 10.9. The summed E-state index contributed by atoms with van der Waals surface area (Å²) in [6.45, 7) is 20.6. The van der Waals surface area contributed by atoms with Gasteiger partial charge in [0.1, 0.15) is 17.3 Å². The van der Waals surface area contributed by atoms with Crippen LogP contribution in [0.1, 0.15) is 106 Å². The van der Waals surface area contributed by atoms with Crippen molar-refractivity contribution >= 4 is 44.6 Å². The first kappa shape index (κ1) is 40.8. The van der Waals surface area contributed by atoms with E-state index in [4.69, 9.17) is 33.6 Å². The van der Waals surface area contributed by atoms with Crippen molar-refractivity contribution in [1.29, 1.82) is 0 Å². The molecule has 0 spiro atoms. The van der Waals surface area contributed by atoms with Crippen molar-refractivity contribution in [3.8, 4) is 84.5 Å². The summed E-state index contributed by atoms with van der Waals surface area (Å²) in [7, 11) is 0. The molecule has 7 heteroatoms. The van der Waals surface area contributed by atoms with Gasteiger partial charge < -0.3 is 23.8 Å². The van der Waals surface area contributed by atoms with E-state index in [0.717, 1.165) is 22.3 Å².